The minimum atomic E-state index is -0.101. The van der Waals surface area contributed by atoms with E-state index in [2.05, 4.69) is 177 Å². The van der Waals surface area contributed by atoms with E-state index in [0.29, 0.717) is 5.39 Å². The summed E-state index contributed by atoms with van der Waals surface area (Å²) in [6.07, 6.45) is 0. The van der Waals surface area contributed by atoms with Crippen LogP contribution in [0.5, 0.6) is 0 Å². The van der Waals surface area contributed by atoms with Crippen molar-refractivity contribution in [2.75, 3.05) is 0 Å². The van der Waals surface area contributed by atoms with E-state index in [-0.39, 0.29) is 5.56 Å². The molecule has 0 atom stereocenters. The van der Waals surface area contributed by atoms with Crippen molar-refractivity contribution in [1.82, 2.24) is 19.1 Å². The summed E-state index contributed by atoms with van der Waals surface area (Å²) in [6, 6.07) is 64.4. The number of H-pyrrole nitrogens is 2. The van der Waals surface area contributed by atoms with Gasteiger partial charge in [-0.05, 0) is 95.6 Å². The molecule has 4 aromatic heterocycles. The summed E-state index contributed by atoms with van der Waals surface area (Å²) in [5, 5.41) is 7.31. The van der Waals surface area contributed by atoms with Gasteiger partial charge in [-0.3, -0.25) is 4.79 Å². The van der Waals surface area contributed by atoms with Crippen LogP contribution in [0.15, 0.2) is 187 Å². The van der Waals surface area contributed by atoms with Gasteiger partial charge in [0.05, 0.1) is 38.5 Å². The highest BCUT2D eigenvalue weighted by molar-refractivity contribution is 6.19. The van der Waals surface area contributed by atoms with Crippen LogP contribution in [0.1, 0.15) is 0 Å². The second kappa shape index (κ2) is 11.7. The molecule has 5 heteroatoms. The standard InChI is InChI=1S/C51H32N4O/c56-51-48-38-19-7-10-20-43(38)52-50(48)42-30-33(31-23-25-46-40(27-31)36-17-8-11-21-44(36)54(46)34-13-3-1-4-14-34)29-39(49(42)53-51)32-24-26-47-41(28-32)37-18-9-12-22-45(37)55(47)35-15-5-2-6-16-35/h1-30,52H,(H,53,56). The molecule has 0 saturated heterocycles. The summed E-state index contributed by atoms with van der Waals surface area (Å²) >= 11 is 0. The van der Waals surface area contributed by atoms with Crippen LogP contribution in [0.4, 0.5) is 0 Å². The van der Waals surface area contributed by atoms with E-state index in [4.69, 9.17) is 0 Å². The van der Waals surface area contributed by atoms with Crippen molar-refractivity contribution >= 4 is 76.3 Å². The molecule has 0 aliphatic carbocycles. The van der Waals surface area contributed by atoms with Crippen LogP contribution in [-0.2, 0) is 0 Å². The van der Waals surface area contributed by atoms with Gasteiger partial charge in [-0.15, -0.1) is 0 Å². The molecule has 0 radical (unpaired) electrons. The molecule has 0 bridgehead atoms. The lowest BCUT2D eigenvalue weighted by molar-refractivity contribution is 1.18. The Labute approximate surface area is 320 Å². The van der Waals surface area contributed by atoms with E-state index in [0.717, 1.165) is 82.9 Å². The molecule has 12 rings (SSSR count). The lowest BCUT2D eigenvalue weighted by atomic mass is 9.93. The first-order chi connectivity index (χ1) is 27.7. The number of aromatic amines is 2. The SMILES string of the molecule is O=c1[nH]c2c(-c3ccc4c(c3)c3ccccc3n4-c3ccccc3)cc(-c3ccc4c(c3)c3ccccc3n4-c3ccccc3)cc2c2[nH]c3ccccc3c12. The van der Waals surface area contributed by atoms with E-state index < -0.39 is 0 Å². The molecule has 56 heavy (non-hydrogen) atoms. The molecular weight excluding hydrogens is 685 g/mol. The highest BCUT2D eigenvalue weighted by Crippen LogP contribution is 2.41. The highest BCUT2D eigenvalue weighted by Gasteiger charge is 2.20. The van der Waals surface area contributed by atoms with Gasteiger partial charge in [-0.25, -0.2) is 0 Å². The van der Waals surface area contributed by atoms with E-state index in [1.807, 2.05) is 24.3 Å². The topological polar surface area (TPSA) is 58.5 Å². The lowest BCUT2D eigenvalue weighted by Gasteiger charge is -2.13. The highest BCUT2D eigenvalue weighted by atomic mass is 16.1. The monoisotopic (exact) mass is 716 g/mol. The molecule has 262 valence electrons. The fourth-order valence-corrected chi connectivity index (χ4v) is 9.13. The fourth-order valence-electron chi connectivity index (χ4n) is 9.13. The van der Waals surface area contributed by atoms with Gasteiger partial charge in [0.2, 0.25) is 0 Å². The van der Waals surface area contributed by atoms with Crippen molar-refractivity contribution in [3.63, 3.8) is 0 Å². The van der Waals surface area contributed by atoms with Gasteiger partial charge in [0.15, 0.2) is 0 Å². The van der Waals surface area contributed by atoms with Crippen molar-refractivity contribution in [3.05, 3.63) is 192 Å². The number of nitrogens with zero attached hydrogens (tertiary/aromatic N) is 2. The Hall–Kier alpha value is -7.63. The first kappa shape index (κ1) is 30.8. The zero-order chi connectivity index (χ0) is 36.9. The largest absolute Gasteiger partial charge is 0.354 e. The van der Waals surface area contributed by atoms with Gasteiger partial charge in [0.25, 0.3) is 5.56 Å². The molecule has 0 aliphatic heterocycles. The molecule has 0 aliphatic rings. The van der Waals surface area contributed by atoms with Crippen LogP contribution < -0.4 is 5.56 Å². The third kappa shape index (κ3) is 4.39. The molecule has 0 fully saturated rings. The molecule has 0 unspecified atom stereocenters. The molecule has 8 aromatic carbocycles. The number of nitrogens with one attached hydrogen (secondary N) is 2. The van der Waals surface area contributed by atoms with Crippen LogP contribution in [-0.4, -0.2) is 19.1 Å². The molecule has 0 saturated carbocycles. The maximum absolute atomic E-state index is 14.1. The maximum atomic E-state index is 14.1. The van der Waals surface area contributed by atoms with Gasteiger partial charge < -0.3 is 19.1 Å². The molecule has 0 amide bonds. The van der Waals surface area contributed by atoms with Crippen molar-refractivity contribution in [1.29, 1.82) is 0 Å². The summed E-state index contributed by atoms with van der Waals surface area (Å²) in [7, 11) is 0. The number of benzene rings is 8. The quantitative estimate of drug-likeness (QED) is 0.187. The Kier molecular flexibility index (Phi) is 6.42. The van der Waals surface area contributed by atoms with Crippen molar-refractivity contribution < 1.29 is 0 Å². The molecule has 4 heterocycles. The van der Waals surface area contributed by atoms with Crippen LogP contribution in [0.3, 0.4) is 0 Å². The molecule has 2 N–H and O–H groups in total. The van der Waals surface area contributed by atoms with Crippen molar-refractivity contribution in [2.45, 2.75) is 0 Å². The molecule has 0 spiro atoms. The van der Waals surface area contributed by atoms with Crippen LogP contribution >= 0.6 is 0 Å². The van der Waals surface area contributed by atoms with Gasteiger partial charge in [-0.1, -0.05) is 103 Å². The molecular formula is C51H32N4O. The van der Waals surface area contributed by atoms with Crippen molar-refractivity contribution in [3.8, 4) is 33.6 Å². The number of para-hydroxylation sites is 5. The predicted octanol–water partition coefficient (Wildman–Crippen LogP) is 12.7. The number of pyridine rings is 1. The fraction of sp³-hybridized carbons (Fsp3) is 0. The van der Waals surface area contributed by atoms with E-state index in [9.17, 15) is 4.79 Å². The summed E-state index contributed by atoms with van der Waals surface area (Å²) in [6.45, 7) is 0. The van der Waals surface area contributed by atoms with Gasteiger partial charge in [0, 0.05) is 54.8 Å². The third-order valence-electron chi connectivity index (χ3n) is 11.6. The smallest absolute Gasteiger partial charge is 0.258 e. The van der Waals surface area contributed by atoms with Gasteiger partial charge >= 0.3 is 0 Å². The average molecular weight is 717 g/mol. The number of rotatable bonds is 4. The average Bonchev–Trinajstić information content (AvgIpc) is 3.92. The zero-order valence-corrected chi connectivity index (χ0v) is 30.1. The lowest BCUT2D eigenvalue weighted by Crippen LogP contribution is -2.06. The number of aromatic nitrogens is 4. The summed E-state index contributed by atoms with van der Waals surface area (Å²) in [4.78, 5) is 21.1. The Morgan fingerprint density at radius 3 is 1.50 bits per heavy atom. The second-order valence-electron chi connectivity index (χ2n) is 14.7. The Morgan fingerprint density at radius 1 is 0.357 bits per heavy atom. The first-order valence-corrected chi connectivity index (χ1v) is 19.0. The van der Waals surface area contributed by atoms with Crippen LogP contribution in [0, 0.1) is 0 Å². The molecule has 5 nitrogen and oxygen atoms in total. The molecule has 12 aromatic rings. The van der Waals surface area contributed by atoms with Crippen molar-refractivity contribution in [2.24, 2.45) is 0 Å². The van der Waals surface area contributed by atoms with Gasteiger partial charge in [-0.2, -0.15) is 0 Å². The first-order valence-electron chi connectivity index (χ1n) is 19.0. The van der Waals surface area contributed by atoms with Crippen LogP contribution in [0.25, 0.3) is 110 Å². The predicted molar refractivity (Wildman–Crippen MR) is 233 cm³/mol. The van der Waals surface area contributed by atoms with E-state index in [1.54, 1.807) is 0 Å². The minimum absolute atomic E-state index is 0.101. The van der Waals surface area contributed by atoms with Gasteiger partial charge in [0.1, 0.15) is 0 Å². The normalized spacial score (nSPS) is 12.0. The Balaban J connectivity index is 1.15. The third-order valence-corrected chi connectivity index (χ3v) is 11.6. The summed E-state index contributed by atoms with van der Waals surface area (Å²) in [5.74, 6) is 0. The summed E-state index contributed by atoms with van der Waals surface area (Å²) < 4.78 is 4.68. The second-order valence-corrected chi connectivity index (χ2v) is 14.7. The number of hydrogen-bond acceptors (Lipinski definition) is 1. The summed E-state index contributed by atoms with van der Waals surface area (Å²) in [5.41, 5.74) is 13.6. The van der Waals surface area contributed by atoms with E-state index in [1.165, 1.54) is 21.7 Å². The number of fused-ring (bicyclic) bond motifs is 11. The maximum Gasteiger partial charge on any atom is 0.258 e. The zero-order valence-electron chi connectivity index (χ0n) is 30.1. The number of hydrogen-bond donors (Lipinski definition) is 2. The Bertz CT molecular complexity index is 3600. The van der Waals surface area contributed by atoms with Crippen LogP contribution in [0.2, 0.25) is 0 Å². The van der Waals surface area contributed by atoms with E-state index >= 15 is 0 Å². The minimum Gasteiger partial charge on any atom is -0.354 e. The Morgan fingerprint density at radius 2 is 0.857 bits per heavy atom.